The Kier molecular flexibility index (Phi) is 9.37. The van der Waals surface area contributed by atoms with E-state index in [1.165, 1.54) is 11.0 Å². The Morgan fingerprint density at radius 2 is 2.10 bits per heavy atom. The number of carbonyl (C=O) groups is 1. The second-order valence-corrected chi connectivity index (χ2v) is 5.88. The number of Topliss-reactive ketones (excluding diaryl/α,β-unsaturated/α-hetero) is 1. The van der Waals surface area contributed by atoms with Gasteiger partial charge in [-0.15, -0.1) is 0 Å². The van der Waals surface area contributed by atoms with Crippen molar-refractivity contribution in [1.82, 2.24) is 0 Å². The number of hydrogen-bond acceptors (Lipinski definition) is 6. The first kappa shape index (κ1) is 18.2. The Labute approximate surface area is 135 Å². The number of ether oxygens (including phenoxy) is 2. The Bertz CT molecular complexity index is 427. The summed E-state index contributed by atoms with van der Waals surface area (Å²) in [6.45, 7) is 5.22. The van der Waals surface area contributed by atoms with Crippen LogP contribution in [0.15, 0.2) is 24.3 Å². The molecular formula is C15H23NO3S2. The van der Waals surface area contributed by atoms with Gasteiger partial charge in [-0.2, -0.15) is 0 Å². The summed E-state index contributed by atoms with van der Waals surface area (Å²) in [5, 5.41) is 0. The lowest BCUT2D eigenvalue weighted by Crippen LogP contribution is -2.15. The van der Waals surface area contributed by atoms with Crippen LogP contribution in [-0.2, 0) is 9.53 Å². The quantitative estimate of drug-likeness (QED) is 0.278. The average molecular weight is 329 g/mol. The van der Waals surface area contributed by atoms with Crippen molar-refractivity contribution < 1.29 is 14.3 Å². The highest BCUT2D eigenvalue weighted by atomic mass is 33.1. The fourth-order valence-electron chi connectivity index (χ4n) is 1.54. The molecule has 0 aliphatic rings. The minimum absolute atomic E-state index is 0.0460. The molecule has 0 aliphatic carbocycles. The zero-order chi connectivity index (χ0) is 15.5. The molecule has 0 saturated heterocycles. The van der Waals surface area contributed by atoms with Gasteiger partial charge in [0.1, 0.15) is 12.4 Å². The molecule has 1 aromatic rings. The van der Waals surface area contributed by atoms with Gasteiger partial charge in [0.05, 0.1) is 6.61 Å². The molecule has 4 nitrogen and oxygen atoms in total. The summed E-state index contributed by atoms with van der Waals surface area (Å²) < 4.78 is 14.0. The normalized spacial score (nSPS) is 10.7. The Morgan fingerprint density at radius 3 is 2.81 bits per heavy atom. The van der Waals surface area contributed by atoms with Crippen molar-refractivity contribution in [3.05, 3.63) is 24.3 Å². The Balaban J connectivity index is 2.09. The molecule has 0 spiro atoms. The van der Waals surface area contributed by atoms with Crippen LogP contribution < -0.4 is 9.46 Å². The third-order valence-corrected chi connectivity index (χ3v) is 3.44. The van der Waals surface area contributed by atoms with Gasteiger partial charge in [0, 0.05) is 35.3 Å². The summed E-state index contributed by atoms with van der Waals surface area (Å²) in [6.07, 6.45) is 1.78. The molecule has 0 unspecified atom stereocenters. The number of anilines is 1. The van der Waals surface area contributed by atoms with Gasteiger partial charge in [0.2, 0.25) is 0 Å². The highest BCUT2D eigenvalue weighted by molar-refractivity contribution is 8.69. The fraction of sp³-hybridized carbons (Fsp3) is 0.533. The van der Waals surface area contributed by atoms with E-state index in [1.807, 2.05) is 38.1 Å². The van der Waals surface area contributed by atoms with Crippen molar-refractivity contribution in [3.63, 3.8) is 0 Å². The van der Waals surface area contributed by atoms with Crippen LogP contribution in [0.2, 0.25) is 0 Å². The largest absolute Gasteiger partial charge is 0.494 e. The molecule has 0 atom stereocenters. The zero-order valence-corrected chi connectivity index (χ0v) is 14.2. The molecule has 0 heterocycles. The number of carbonyl (C=O) groups excluding carboxylic acids is 1. The maximum atomic E-state index is 11.3. The van der Waals surface area contributed by atoms with Gasteiger partial charge in [-0.1, -0.05) is 31.6 Å². The summed E-state index contributed by atoms with van der Waals surface area (Å²) in [6, 6.07) is 7.74. The predicted molar refractivity (Wildman–Crippen MR) is 92.0 cm³/mol. The standard InChI is InChI=1S/C15H23NO3S2/c1-12(2)15(17)11-18-8-3-4-9-19-14-7-5-6-13(10-14)16-21-20/h5-7,10,12,16,20H,3-4,8-9,11H2,1-2H3. The van der Waals surface area contributed by atoms with Crippen molar-refractivity contribution in [1.29, 1.82) is 0 Å². The molecule has 1 rings (SSSR count). The minimum Gasteiger partial charge on any atom is -0.494 e. The lowest BCUT2D eigenvalue weighted by atomic mass is 10.1. The van der Waals surface area contributed by atoms with E-state index < -0.39 is 0 Å². The third-order valence-electron chi connectivity index (χ3n) is 2.84. The number of ketones is 1. The van der Waals surface area contributed by atoms with Crippen LogP contribution >= 0.6 is 22.6 Å². The molecule has 0 saturated carbocycles. The lowest BCUT2D eigenvalue weighted by molar-refractivity contribution is -0.126. The number of thiol groups is 1. The van der Waals surface area contributed by atoms with Crippen LogP contribution in [0.25, 0.3) is 0 Å². The molecule has 1 aromatic carbocycles. The van der Waals surface area contributed by atoms with E-state index in [0.717, 1.165) is 24.3 Å². The second kappa shape index (κ2) is 10.8. The number of unbranched alkanes of at least 4 members (excludes halogenated alkanes) is 1. The Morgan fingerprint density at radius 1 is 1.33 bits per heavy atom. The molecule has 0 aliphatic heterocycles. The van der Waals surface area contributed by atoms with Crippen LogP contribution in [-0.4, -0.2) is 25.6 Å². The first-order valence-corrected chi connectivity index (χ1v) is 8.90. The SMILES string of the molecule is CC(C)C(=O)COCCCCOc1cccc(NSS)c1. The summed E-state index contributed by atoms with van der Waals surface area (Å²) in [5.74, 6) is 1.03. The molecule has 6 heteroatoms. The van der Waals surface area contributed by atoms with Crippen molar-refractivity contribution >= 4 is 34.1 Å². The van der Waals surface area contributed by atoms with Gasteiger partial charge >= 0.3 is 0 Å². The minimum atomic E-state index is 0.0460. The molecule has 0 bridgehead atoms. The van der Waals surface area contributed by atoms with E-state index in [2.05, 4.69) is 16.4 Å². The number of benzene rings is 1. The molecule has 21 heavy (non-hydrogen) atoms. The van der Waals surface area contributed by atoms with Crippen LogP contribution in [0.3, 0.4) is 0 Å². The highest BCUT2D eigenvalue weighted by Gasteiger charge is 2.06. The molecule has 0 radical (unpaired) electrons. The van der Waals surface area contributed by atoms with E-state index in [0.29, 0.717) is 13.2 Å². The van der Waals surface area contributed by atoms with E-state index in [4.69, 9.17) is 9.47 Å². The van der Waals surface area contributed by atoms with Crippen molar-refractivity contribution in [2.24, 2.45) is 5.92 Å². The fourth-order valence-corrected chi connectivity index (χ4v) is 2.09. The maximum absolute atomic E-state index is 11.3. The van der Waals surface area contributed by atoms with Crippen LogP contribution in [0.5, 0.6) is 5.75 Å². The highest BCUT2D eigenvalue weighted by Crippen LogP contribution is 2.21. The van der Waals surface area contributed by atoms with Gasteiger partial charge in [0.25, 0.3) is 0 Å². The molecular weight excluding hydrogens is 306 g/mol. The summed E-state index contributed by atoms with van der Waals surface area (Å²) >= 11 is 4.04. The summed E-state index contributed by atoms with van der Waals surface area (Å²) in [7, 11) is 1.25. The predicted octanol–water partition coefficient (Wildman–Crippen LogP) is 3.99. The summed E-state index contributed by atoms with van der Waals surface area (Å²) in [5.41, 5.74) is 0.961. The van der Waals surface area contributed by atoms with Gasteiger partial charge in [-0.3, -0.25) is 4.79 Å². The maximum Gasteiger partial charge on any atom is 0.160 e. The van der Waals surface area contributed by atoms with Crippen LogP contribution in [0.4, 0.5) is 5.69 Å². The molecule has 0 fully saturated rings. The van der Waals surface area contributed by atoms with E-state index in [1.54, 1.807) is 0 Å². The van der Waals surface area contributed by atoms with E-state index in [9.17, 15) is 4.79 Å². The molecule has 0 amide bonds. The second-order valence-electron chi connectivity index (χ2n) is 4.95. The number of hydrogen-bond donors (Lipinski definition) is 2. The van der Waals surface area contributed by atoms with Gasteiger partial charge in [0.15, 0.2) is 5.78 Å². The molecule has 1 N–H and O–H groups in total. The first-order chi connectivity index (χ1) is 10.1. The Hall–Kier alpha value is -0.850. The van der Waals surface area contributed by atoms with Crippen LogP contribution in [0.1, 0.15) is 26.7 Å². The average Bonchev–Trinajstić information content (AvgIpc) is 2.46. The van der Waals surface area contributed by atoms with E-state index >= 15 is 0 Å². The monoisotopic (exact) mass is 329 g/mol. The van der Waals surface area contributed by atoms with Crippen molar-refractivity contribution in [2.75, 3.05) is 24.5 Å². The number of nitrogens with one attached hydrogen (secondary N) is 1. The van der Waals surface area contributed by atoms with Gasteiger partial charge in [-0.25, -0.2) is 0 Å². The summed E-state index contributed by atoms with van der Waals surface area (Å²) in [4.78, 5) is 11.3. The smallest absolute Gasteiger partial charge is 0.160 e. The van der Waals surface area contributed by atoms with E-state index in [-0.39, 0.29) is 18.3 Å². The molecule has 118 valence electrons. The van der Waals surface area contributed by atoms with Gasteiger partial charge < -0.3 is 14.2 Å². The third kappa shape index (κ3) is 8.24. The lowest BCUT2D eigenvalue weighted by Gasteiger charge is -2.09. The van der Waals surface area contributed by atoms with Crippen molar-refractivity contribution in [3.8, 4) is 5.75 Å². The molecule has 0 aromatic heterocycles. The van der Waals surface area contributed by atoms with Gasteiger partial charge in [-0.05, 0) is 25.0 Å². The van der Waals surface area contributed by atoms with Crippen LogP contribution in [0, 0.1) is 5.92 Å². The first-order valence-electron chi connectivity index (χ1n) is 7.03. The topological polar surface area (TPSA) is 47.6 Å². The van der Waals surface area contributed by atoms with Crippen molar-refractivity contribution in [2.45, 2.75) is 26.7 Å². The number of rotatable bonds is 11. The zero-order valence-electron chi connectivity index (χ0n) is 12.5.